The van der Waals surface area contributed by atoms with E-state index < -0.39 is 5.41 Å². The van der Waals surface area contributed by atoms with Gasteiger partial charge in [0.15, 0.2) is 5.78 Å². The summed E-state index contributed by atoms with van der Waals surface area (Å²) in [7, 11) is 1.58. The SMILES string of the molecule is C=C(C)[C@H]1CC[C@@]2(C(=O)OC)CC[C@]3(C)[C@@H](CC[C@H]4[C@@]5(C)CC(=Cc6ccc(Cl)cc6)C(=O)C(C)(C)[C@@H]5CC[C@]43C)[C@@H]12. The minimum absolute atomic E-state index is 0.0192. The van der Waals surface area contributed by atoms with E-state index in [1.165, 1.54) is 12.0 Å². The van der Waals surface area contributed by atoms with Crippen LogP contribution in [0.3, 0.4) is 0 Å². The topological polar surface area (TPSA) is 43.4 Å². The average molecular weight is 591 g/mol. The molecule has 1 aromatic rings. The van der Waals surface area contributed by atoms with E-state index in [-0.39, 0.29) is 27.6 Å². The molecule has 0 heterocycles. The first-order chi connectivity index (χ1) is 19.7. The fourth-order valence-corrected chi connectivity index (χ4v) is 12.6. The van der Waals surface area contributed by atoms with Crippen LogP contribution in [-0.4, -0.2) is 18.9 Å². The van der Waals surface area contributed by atoms with E-state index in [1.807, 2.05) is 24.3 Å². The van der Waals surface area contributed by atoms with Crippen molar-refractivity contribution in [2.75, 3.05) is 7.11 Å². The third-order valence-electron chi connectivity index (χ3n) is 14.5. The molecule has 5 aliphatic carbocycles. The van der Waals surface area contributed by atoms with Gasteiger partial charge in [-0.15, -0.1) is 0 Å². The zero-order chi connectivity index (χ0) is 30.5. The van der Waals surface area contributed by atoms with Gasteiger partial charge < -0.3 is 4.74 Å². The van der Waals surface area contributed by atoms with Crippen LogP contribution in [0.5, 0.6) is 0 Å². The number of esters is 1. The normalized spacial score (nSPS) is 44.9. The first kappa shape index (κ1) is 30.2. The molecule has 5 saturated carbocycles. The molecule has 0 unspecified atom stereocenters. The zero-order valence-electron chi connectivity index (χ0n) is 26.9. The monoisotopic (exact) mass is 590 g/mol. The van der Waals surface area contributed by atoms with Crippen molar-refractivity contribution in [2.24, 2.45) is 56.7 Å². The Morgan fingerprint density at radius 2 is 1.62 bits per heavy atom. The van der Waals surface area contributed by atoms with Gasteiger partial charge in [-0.25, -0.2) is 0 Å². The third-order valence-corrected chi connectivity index (χ3v) is 14.7. The van der Waals surface area contributed by atoms with Crippen molar-refractivity contribution >= 4 is 29.4 Å². The van der Waals surface area contributed by atoms with Crippen molar-refractivity contribution in [1.29, 1.82) is 0 Å². The lowest BCUT2D eigenvalue weighted by Gasteiger charge is -2.72. The summed E-state index contributed by atoms with van der Waals surface area (Å²) < 4.78 is 5.54. The van der Waals surface area contributed by atoms with Gasteiger partial charge in [-0.3, -0.25) is 9.59 Å². The molecule has 0 aromatic heterocycles. The number of carbonyl (C=O) groups excluding carboxylic acids is 2. The average Bonchev–Trinajstić information content (AvgIpc) is 3.34. The Hall–Kier alpha value is -1.87. The molecule has 228 valence electrons. The number of allylic oxidation sites excluding steroid dienone is 2. The smallest absolute Gasteiger partial charge is 0.312 e. The van der Waals surface area contributed by atoms with Gasteiger partial charge in [-0.2, -0.15) is 0 Å². The zero-order valence-corrected chi connectivity index (χ0v) is 27.7. The van der Waals surface area contributed by atoms with Gasteiger partial charge in [-0.05, 0) is 140 Å². The Bertz CT molecular complexity index is 1340. The number of fused-ring (bicyclic) bond motifs is 7. The number of methoxy groups -OCH3 is 1. The molecule has 0 saturated heterocycles. The van der Waals surface area contributed by atoms with Crippen molar-refractivity contribution < 1.29 is 14.3 Å². The van der Waals surface area contributed by atoms with Crippen molar-refractivity contribution in [3.05, 3.63) is 52.6 Å². The van der Waals surface area contributed by atoms with Crippen LogP contribution in [-0.2, 0) is 14.3 Å². The largest absolute Gasteiger partial charge is 0.469 e. The summed E-state index contributed by atoms with van der Waals surface area (Å²) >= 11 is 6.18. The van der Waals surface area contributed by atoms with Crippen LogP contribution in [0.15, 0.2) is 42.0 Å². The summed E-state index contributed by atoms with van der Waals surface area (Å²) in [5.41, 5.74) is 2.83. The van der Waals surface area contributed by atoms with Crippen molar-refractivity contribution in [3.8, 4) is 0 Å². The van der Waals surface area contributed by atoms with E-state index in [4.69, 9.17) is 16.3 Å². The quantitative estimate of drug-likeness (QED) is 0.200. The van der Waals surface area contributed by atoms with Crippen LogP contribution in [0.1, 0.15) is 105 Å². The van der Waals surface area contributed by atoms with Crippen LogP contribution in [0.4, 0.5) is 0 Å². The van der Waals surface area contributed by atoms with E-state index in [2.05, 4.69) is 54.2 Å². The highest BCUT2D eigenvalue weighted by atomic mass is 35.5. The molecule has 0 aliphatic heterocycles. The molecule has 0 N–H and O–H groups in total. The maximum atomic E-state index is 14.1. The lowest BCUT2D eigenvalue weighted by atomic mass is 9.32. The number of ether oxygens (including phenoxy) is 1. The number of hydrogen-bond acceptors (Lipinski definition) is 3. The van der Waals surface area contributed by atoms with Crippen molar-refractivity contribution in [1.82, 2.24) is 0 Å². The van der Waals surface area contributed by atoms with Crippen molar-refractivity contribution in [2.45, 2.75) is 99.3 Å². The van der Waals surface area contributed by atoms with Crippen molar-refractivity contribution in [3.63, 3.8) is 0 Å². The van der Waals surface area contributed by atoms with Gasteiger partial charge in [0.05, 0.1) is 12.5 Å². The maximum absolute atomic E-state index is 14.1. The summed E-state index contributed by atoms with van der Waals surface area (Å²) in [6, 6.07) is 7.87. The van der Waals surface area contributed by atoms with Gasteiger partial charge in [-0.1, -0.05) is 70.5 Å². The molecule has 5 fully saturated rings. The third kappa shape index (κ3) is 3.90. The summed E-state index contributed by atoms with van der Waals surface area (Å²) in [5.74, 6) is 2.42. The number of hydrogen-bond donors (Lipinski definition) is 0. The molecule has 42 heavy (non-hydrogen) atoms. The van der Waals surface area contributed by atoms with Crippen LogP contribution in [0.2, 0.25) is 5.02 Å². The van der Waals surface area contributed by atoms with Crippen LogP contribution < -0.4 is 0 Å². The van der Waals surface area contributed by atoms with E-state index in [9.17, 15) is 9.59 Å². The Morgan fingerprint density at radius 1 is 0.929 bits per heavy atom. The molecular weight excluding hydrogens is 540 g/mol. The summed E-state index contributed by atoms with van der Waals surface area (Å²) in [6.07, 6.45) is 11.5. The molecule has 5 aliphatic rings. The molecular formula is C38H51ClO3. The van der Waals surface area contributed by atoms with Gasteiger partial charge in [0.1, 0.15) is 0 Å². The Kier molecular flexibility index (Phi) is 7.05. The highest BCUT2D eigenvalue weighted by Crippen LogP contribution is 2.77. The minimum Gasteiger partial charge on any atom is -0.469 e. The molecule has 3 nitrogen and oxygen atoms in total. The molecule has 0 amide bonds. The fourth-order valence-electron chi connectivity index (χ4n) is 12.4. The van der Waals surface area contributed by atoms with E-state index >= 15 is 0 Å². The van der Waals surface area contributed by atoms with Crippen LogP contribution in [0.25, 0.3) is 6.08 Å². The van der Waals surface area contributed by atoms with Gasteiger partial charge in [0, 0.05) is 10.4 Å². The van der Waals surface area contributed by atoms with Gasteiger partial charge in [0.2, 0.25) is 0 Å². The summed E-state index contributed by atoms with van der Waals surface area (Å²) in [6.45, 7) is 18.8. The molecule has 0 spiro atoms. The van der Waals surface area contributed by atoms with Crippen LogP contribution >= 0.6 is 11.6 Å². The molecule has 6 rings (SSSR count). The molecule has 0 bridgehead atoms. The molecule has 1 aromatic carbocycles. The summed E-state index contributed by atoms with van der Waals surface area (Å²) in [5, 5.41) is 0.715. The maximum Gasteiger partial charge on any atom is 0.312 e. The standard InChI is InChI=1S/C38H51ClO3/c1-23(2)27-15-18-38(33(41)42-8)20-19-36(6)28(31(27)38)13-14-30-35(5)22-25(21-24-9-11-26(39)12-10-24)32(40)34(3,4)29(35)16-17-37(30,36)7/h9-12,21,27-31H,1,13-20,22H2,2-8H3/t27-,28+,29+,30+,31-,35+,36-,37-,38-/m1/s1. The highest BCUT2D eigenvalue weighted by molar-refractivity contribution is 6.30. The van der Waals surface area contributed by atoms with Crippen LogP contribution in [0, 0.1) is 56.7 Å². The number of halogens is 1. The second kappa shape index (κ2) is 9.82. The van der Waals surface area contributed by atoms with E-state index in [1.54, 1.807) is 7.11 Å². The minimum atomic E-state index is -0.395. The second-order valence-corrected chi connectivity index (χ2v) is 16.7. The molecule has 9 atom stereocenters. The fraction of sp³-hybridized carbons (Fsp3) is 0.684. The van der Waals surface area contributed by atoms with Gasteiger partial charge in [0.25, 0.3) is 0 Å². The lowest BCUT2D eigenvalue weighted by Crippen LogP contribution is -2.67. The number of Topliss-reactive ketones (excluding diaryl/α,β-unsaturated/α-hetero) is 1. The first-order valence-electron chi connectivity index (χ1n) is 16.4. The first-order valence-corrected chi connectivity index (χ1v) is 16.8. The number of benzene rings is 1. The number of carbonyl (C=O) groups is 2. The molecule has 4 heteroatoms. The van der Waals surface area contributed by atoms with E-state index in [0.29, 0.717) is 40.4 Å². The number of ketones is 1. The molecule has 0 radical (unpaired) electrons. The Morgan fingerprint density at radius 3 is 2.26 bits per heavy atom. The number of rotatable bonds is 3. The Labute approximate surface area is 258 Å². The Balaban J connectivity index is 1.41. The predicted octanol–water partition coefficient (Wildman–Crippen LogP) is 9.73. The van der Waals surface area contributed by atoms with E-state index in [0.717, 1.165) is 62.5 Å². The second-order valence-electron chi connectivity index (χ2n) is 16.3. The lowest BCUT2D eigenvalue weighted by molar-refractivity contribution is -0.232. The predicted molar refractivity (Wildman–Crippen MR) is 171 cm³/mol. The van der Waals surface area contributed by atoms with Gasteiger partial charge >= 0.3 is 5.97 Å². The summed E-state index contributed by atoms with van der Waals surface area (Å²) in [4.78, 5) is 27.6. The highest BCUT2D eigenvalue weighted by Gasteiger charge is 2.72.